The molecule has 0 saturated carbocycles. The van der Waals surface area contributed by atoms with E-state index in [1.807, 2.05) is 42.8 Å². The predicted octanol–water partition coefficient (Wildman–Crippen LogP) is 3.02. The quantitative estimate of drug-likeness (QED) is 0.794. The number of carbonyl (C=O) groups excluding carboxylic acids is 1. The molecule has 1 saturated heterocycles. The van der Waals surface area contributed by atoms with Gasteiger partial charge in [-0.05, 0) is 51.2 Å². The van der Waals surface area contributed by atoms with E-state index in [1.54, 1.807) is 11.8 Å². The second-order valence-corrected chi connectivity index (χ2v) is 9.54. The first-order valence-corrected chi connectivity index (χ1v) is 11.3. The van der Waals surface area contributed by atoms with Crippen molar-refractivity contribution >= 4 is 21.6 Å². The third-order valence-corrected chi connectivity index (χ3v) is 8.12. The van der Waals surface area contributed by atoms with Crippen LogP contribution in [0.1, 0.15) is 46.6 Å². The Kier molecular flexibility index (Phi) is 4.73. The Morgan fingerprint density at radius 3 is 2.36 bits per heavy atom. The minimum Gasteiger partial charge on any atom is -0.350 e. The molecule has 1 aromatic carbocycles. The number of sulfonamides is 1. The van der Waals surface area contributed by atoms with Crippen LogP contribution in [0.2, 0.25) is 0 Å². The fourth-order valence-corrected chi connectivity index (χ4v) is 6.45. The summed E-state index contributed by atoms with van der Waals surface area (Å²) in [6.07, 6.45) is 3.58. The molecule has 6 nitrogen and oxygen atoms in total. The molecule has 150 valence electrons. The van der Waals surface area contributed by atoms with Crippen LogP contribution in [-0.4, -0.2) is 43.4 Å². The number of aromatic nitrogens is 1. The summed E-state index contributed by atoms with van der Waals surface area (Å²) < 4.78 is 31.0. The van der Waals surface area contributed by atoms with E-state index in [-0.39, 0.29) is 10.8 Å². The van der Waals surface area contributed by atoms with Crippen LogP contribution in [0, 0.1) is 13.8 Å². The second-order valence-electron chi connectivity index (χ2n) is 7.74. The molecule has 2 aliphatic heterocycles. The molecule has 0 aliphatic carbocycles. The molecule has 0 radical (unpaired) electrons. The van der Waals surface area contributed by atoms with Gasteiger partial charge in [-0.1, -0.05) is 18.2 Å². The van der Waals surface area contributed by atoms with Crippen LogP contribution in [0.4, 0.5) is 5.69 Å². The number of amides is 1. The van der Waals surface area contributed by atoms with Gasteiger partial charge in [0, 0.05) is 38.1 Å². The Bertz CT molecular complexity index is 1030. The number of para-hydroxylation sites is 1. The molecule has 3 heterocycles. The van der Waals surface area contributed by atoms with Crippen molar-refractivity contribution in [1.29, 1.82) is 0 Å². The minimum atomic E-state index is -3.85. The van der Waals surface area contributed by atoms with Crippen molar-refractivity contribution in [3.8, 4) is 0 Å². The summed E-state index contributed by atoms with van der Waals surface area (Å²) in [5.74, 6) is -0.164. The highest BCUT2D eigenvalue weighted by Gasteiger charge is 2.38. The van der Waals surface area contributed by atoms with Crippen LogP contribution < -0.4 is 4.31 Å². The summed E-state index contributed by atoms with van der Waals surface area (Å²) in [4.78, 5) is 15.2. The Balaban J connectivity index is 1.87. The van der Waals surface area contributed by atoms with Crippen molar-refractivity contribution in [1.82, 2.24) is 9.47 Å². The van der Waals surface area contributed by atoms with E-state index in [0.29, 0.717) is 36.6 Å². The zero-order valence-electron chi connectivity index (χ0n) is 16.7. The van der Waals surface area contributed by atoms with E-state index in [0.717, 1.165) is 36.9 Å². The minimum absolute atomic E-state index is 0.164. The van der Waals surface area contributed by atoms with E-state index < -0.39 is 10.0 Å². The number of likely N-dealkylation sites (tertiary alicyclic amines) is 1. The first-order chi connectivity index (χ1) is 13.3. The largest absolute Gasteiger partial charge is 0.350 e. The lowest BCUT2D eigenvalue weighted by molar-refractivity contribution is 0.0788. The number of nitrogens with zero attached hydrogens (tertiary/aromatic N) is 3. The van der Waals surface area contributed by atoms with Crippen LogP contribution in [-0.2, 0) is 23.5 Å². The van der Waals surface area contributed by atoms with Gasteiger partial charge in [-0.3, -0.25) is 9.10 Å². The first-order valence-electron chi connectivity index (χ1n) is 9.90. The Labute approximate surface area is 166 Å². The lowest BCUT2D eigenvalue weighted by Crippen LogP contribution is -2.37. The topological polar surface area (TPSA) is 62.6 Å². The molecule has 2 aliphatic rings. The molecule has 0 unspecified atom stereocenters. The Morgan fingerprint density at radius 1 is 0.964 bits per heavy atom. The fraction of sp³-hybridized carbons (Fsp3) is 0.476. The number of carbonyl (C=O) groups is 1. The van der Waals surface area contributed by atoms with Gasteiger partial charge in [-0.2, -0.15) is 0 Å². The fourth-order valence-electron chi connectivity index (χ4n) is 4.42. The highest BCUT2D eigenvalue weighted by Crippen LogP contribution is 2.36. The van der Waals surface area contributed by atoms with Crippen LogP contribution in [0.3, 0.4) is 0 Å². The summed E-state index contributed by atoms with van der Waals surface area (Å²) in [6.45, 7) is 5.44. The molecule has 1 fully saturated rings. The van der Waals surface area contributed by atoms with E-state index in [9.17, 15) is 13.2 Å². The van der Waals surface area contributed by atoms with Gasteiger partial charge in [0.1, 0.15) is 4.90 Å². The van der Waals surface area contributed by atoms with Crippen LogP contribution in [0.5, 0.6) is 0 Å². The van der Waals surface area contributed by atoms with Gasteiger partial charge in [-0.25, -0.2) is 8.42 Å². The number of hydrogen-bond donors (Lipinski definition) is 0. The zero-order chi connectivity index (χ0) is 20.1. The van der Waals surface area contributed by atoms with Crippen molar-refractivity contribution < 1.29 is 13.2 Å². The Hall–Kier alpha value is -2.28. The molecular weight excluding hydrogens is 374 g/mol. The average molecular weight is 402 g/mol. The highest BCUT2D eigenvalue weighted by molar-refractivity contribution is 7.93. The van der Waals surface area contributed by atoms with Gasteiger partial charge in [-0.15, -0.1) is 0 Å². The van der Waals surface area contributed by atoms with Gasteiger partial charge >= 0.3 is 0 Å². The van der Waals surface area contributed by atoms with Crippen LogP contribution in [0.25, 0.3) is 0 Å². The average Bonchev–Trinajstić information content (AvgIpc) is 3.30. The maximum Gasteiger partial charge on any atom is 0.266 e. The molecule has 7 heteroatoms. The monoisotopic (exact) mass is 401 g/mol. The van der Waals surface area contributed by atoms with Crippen LogP contribution >= 0.6 is 0 Å². The molecule has 0 bridgehead atoms. The van der Waals surface area contributed by atoms with E-state index >= 15 is 0 Å². The van der Waals surface area contributed by atoms with Gasteiger partial charge in [0.15, 0.2) is 0 Å². The maximum atomic E-state index is 13.8. The highest BCUT2D eigenvalue weighted by atomic mass is 32.2. The number of hydrogen-bond acceptors (Lipinski definition) is 3. The standard InChI is InChI=1S/C21H27N3O3S/c1-15-19(21(25)23-12-6-7-13-23)20(16(2)22(15)3)28(26,27)24-14-8-10-17-9-4-5-11-18(17)24/h4-5,9,11H,6-8,10,12-14H2,1-3H3. The molecule has 4 rings (SSSR count). The number of anilines is 1. The summed E-state index contributed by atoms with van der Waals surface area (Å²) >= 11 is 0. The van der Waals surface area contributed by atoms with Gasteiger partial charge in [0.2, 0.25) is 0 Å². The number of aryl methyl sites for hydroxylation is 1. The van der Waals surface area contributed by atoms with Gasteiger partial charge in [0.25, 0.3) is 15.9 Å². The first kappa shape index (κ1) is 19.1. The molecule has 1 aromatic heterocycles. The van der Waals surface area contributed by atoms with Crippen molar-refractivity contribution in [2.45, 2.75) is 44.4 Å². The van der Waals surface area contributed by atoms with Crippen molar-refractivity contribution in [3.05, 3.63) is 46.8 Å². The summed E-state index contributed by atoms with van der Waals surface area (Å²) in [6, 6.07) is 7.65. The molecular formula is C21H27N3O3S. The molecule has 2 aromatic rings. The van der Waals surface area contributed by atoms with E-state index in [4.69, 9.17) is 0 Å². The lowest BCUT2D eigenvalue weighted by atomic mass is 10.0. The maximum absolute atomic E-state index is 13.8. The predicted molar refractivity (Wildman–Crippen MR) is 109 cm³/mol. The molecule has 0 atom stereocenters. The normalized spacial score (nSPS) is 17.1. The molecule has 28 heavy (non-hydrogen) atoms. The van der Waals surface area contributed by atoms with Crippen molar-refractivity contribution in [2.24, 2.45) is 7.05 Å². The summed E-state index contributed by atoms with van der Waals surface area (Å²) in [7, 11) is -2.02. The third kappa shape index (κ3) is 2.83. The van der Waals surface area contributed by atoms with Gasteiger partial charge < -0.3 is 9.47 Å². The lowest BCUT2D eigenvalue weighted by Gasteiger charge is -2.31. The van der Waals surface area contributed by atoms with Crippen molar-refractivity contribution in [2.75, 3.05) is 23.9 Å². The van der Waals surface area contributed by atoms with Crippen molar-refractivity contribution in [3.63, 3.8) is 0 Å². The summed E-state index contributed by atoms with van der Waals surface area (Å²) in [5.41, 5.74) is 3.43. The van der Waals surface area contributed by atoms with Crippen LogP contribution in [0.15, 0.2) is 29.2 Å². The Morgan fingerprint density at radius 2 is 1.64 bits per heavy atom. The zero-order valence-corrected chi connectivity index (χ0v) is 17.6. The van der Waals surface area contributed by atoms with Gasteiger partial charge in [0.05, 0.1) is 11.3 Å². The number of fused-ring (bicyclic) bond motifs is 1. The molecule has 0 N–H and O–H groups in total. The van der Waals surface area contributed by atoms with E-state index in [1.165, 1.54) is 4.31 Å². The smallest absolute Gasteiger partial charge is 0.266 e. The number of benzene rings is 1. The second kappa shape index (κ2) is 6.95. The SMILES string of the molecule is Cc1c(C(=O)N2CCCC2)c(S(=O)(=O)N2CCCc3ccccc32)c(C)n1C. The summed E-state index contributed by atoms with van der Waals surface area (Å²) in [5, 5.41) is 0. The molecule has 0 spiro atoms. The van der Waals surface area contributed by atoms with E-state index in [2.05, 4.69) is 0 Å². The number of rotatable bonds is 3. The molecule has 1 amide bonds. The third-order valence-electron chi connectivity index (χ3n) is 6.15.